The van der Waals surface area contributed by atoms with E-state index >= 15 is 13.2 Å². The molecule has 3 aromatic carbocycles. The summed E-state index contributed by atoms with van der Waals surface area (Å²) in [6.45, 7) is 10.4. The molecule has 21 nitrogen and oxygen atoms in total. The molecule has 6 aromatic rings. The SMILES string of the molecule is CNc1cc(C)nc(Nc2cc3c(c(C4=CCN(C)C[C@H](O)C4)c2F)OC(CNc2cc(C)nc(Nc4cc5c(c(C6=CCNC[C@@H](O)C6)c4F)OC(CNc4cc(C)nc(Nc6cc7c(c(C8=CCN[C@@H](C)CC8)c6F)OCO7)n4)C5)n2)C3)n1. The number of hydrogen-bond acceptors (Lipinski definition) is 21. The van der Waals surface area contributed by atoms with Crippen LogP contribution < -0.4 is 61.5 Å². The van der Waals surface area contributed by atoms with Crippen LogP contribution in [0.15, 0.2) is 54.6 Å². The van der Waals surface area contributed by atoms with Crippen molar-refractivity contribution in [3.8, 4) is 23.0 Å². The topological polar surface area (TPSA) is 254 Å². The molecule has 0 saturated heterocycles. The lowest BCUT2D eigenvalue weighted by molar-refractivity contribution is 0.139. The third kappa shape index (κ3) is 12.6. The van der Waals surface area contributed by atoms with Crippen LogP contribution in [0.3, 0.4) is 0 Å². The maximum Gasteiger partial charge on any atom is 0.231 e. The number of halogens is 3. The van der Waals surface area contributed by atoms with Crippen LogP contribution in [0.5, 0.6) is 23.0 Å². The summed E-state index contributed by atoms with van der Waals surface area (Å²) < 4.78 is 75.7. The molecule has 0 radical (unpaired) electrons. The zero-order valence-corrected chi connectivity index (χ0v) is 48.3. The maximum absolute atomic E-state index is 17.4. The molecule has 0 fully saturated rings. The average molecular weight is 1170 g/mol. The lowest BCUT2D eigenvalue weighted by atomic mass is 9.95. The Morgan fingerprint density at radius 2 is 1.13 bits per heavy atom. The predicted octanol–water partition coefficient (Wildman–Crippen LogP) is 8.20. The molecule has 0 aliphatic carbocycles. The second kappa shape index (κ2) is 24.4. The van der Waals surface area contributed by atoms with Gasteiger partial charge in [0.05, 0.1) is 59.0 Å². The number of anilines is 9. The van der Waals surface area contributed by atoms with Crippen molar-refractivity contribution < 1.29 is 42.3 Å². The molecule has 446 valence electrons. The molecule has 0 bridgehead atoms. The number of allylic oxidation sites excluding steroid dienone is 1. The first-order valence-corrected chi connectivity index (χ1v) is 28.8. The van der Waals surface area contributed by atoms with Gasteiger partial charge in [0.25, 0.3) is 0 Å². The number of nitrogens with one attached hydrogen (secondary N) is 8. The molecule has 0 saturated carbocycles. The van der Waals surface area contributed by atoms with E-state index in [2.05, 4.69) is 69.4 Å². The third-order valence-corrected chi connectivity index (χ3v) is 15.8. The van der Waals surface area contributed by atoms with Crippen molar-refractivity contribution in [3.63, 3.8) is 0 Å². The van der Waals surface area contributed by atoms with Crippen LogP contribution >= 0.6 is 0 Å². The average Bonchev–Trinajstić information content (AvgIpc) is 2.32. The number of nitrogens with zero attached hydrogens (tertiary/aromatic N) is 7. The molecular weight excluding hydrogens is 1100 g/mol. The molecule has 3 aromatic heterocycles. The van der Waals surface area contributed by atoms with Gasteiger partial charge < -0.3 is 76.6 Å². The van der Waals surface area contributed by atoms with E-state index in [0.717, 1.165) is 23.1 Å². The maximum atomic E-state index is 17.4. The molecule has 9 heterocycles. The molecule has 85 heavy (non-hydrogen) atoms. The highest BCUT2D eigenvalue weighted by Gasteiger charge is 2.35. The summed E-state index contributed by atoms with van der Waals surface area (Å²) in [6.07, 6.45) is 6.12. The van der Waals surface area contributed by atoms with Crippen LogP contribution in [0, 0.1) is 38.2 Å². The summed E-state index contributed by atoms with van der Waals surface area (Å²) in [4.78, 5) is 29.7. The Bertz CT molecular complexity index is 3660. The highest BCUT2D eigenvalue weighted by molar-refractivity contribution is 5.82. The third-order valence-electron chi connectivity index (χ3n) is 15.8. The predicted molar refractivity (Wildman–Crippen MR) is 320 cm³/mol. The van der Waals surface area contributed by atoms with Gasteiger partial charge in [-0.2, -0.15) is 15.0 Å². The quantitative estimate of drug-likeness (QED) is 0.0438. The summed E-state index contributed by atoms with van der Waals surface area (Å²) in [6, 6.07) is 10.6. The van der Waals surface area contributed by atoms with E-state index in [1.807, 2.05) is 50.9 Å². The van der Waals surface area contributed by atoms with Gasteiger partial charge in [-0.1, -0.05) is 18.2 Å². The Morgan fingerprint density at radius 3 is 1.72 bits per heavy atom. The number of likely N-dealkylation sites (N-methyl/N-ethyl adjacent to an activating group) is 1. The number of rotatable bonds is 16. The highest BCUT2D eigenvalue weighted by atomic mass is 19.1. The Kier molecular flexibility index (Phi) is 16.4. The molecule has 6 aliphatic heterocycles. The van der Waals surface area contributed by atoms with E-state index in [-0.39, 0.29) is 84.8 Å². The Morgan fingerprint density at radius 1 is 0.612 bits per heavy atom. The van der Waals surface area contributed by atoms with Crippen molar-refractivity contribution in [1.82, 2.24) is 45.4 Å². The normalized spacial score (nSPS) is 21.0. The zero-order chi connectivity index (χ0) is 59.0. The monoisotopic (exact) mass is 1170 g/mol. The van der Waals surface area contributed by atoms with E-state index in [0.29, 0.717) is 126 Å². The minimum absolute atomic E-state index is 0.0161. The van der Waals surface area contributed by atoms with Gasteiger partial charge in [0, 0.05) is 124 Å². The Labute approximate surface area is 490 Å². The van der Waals surface area contributed by atoms with E-state index in [4.69, 9.17) is 28.9 Å². The van der Waals surface area contributed by atoms with Crippen LogP contribution in [-0.4, -0.2) is 142 Å². The van der Waals surface area contributed by atoms with Crippen LogP contribution in [0.2, 0.25) is 0 Å². The largest absolute Gasteiger partial charge is 0.487 e. The minimum atomic E-state index is -0.769. The second-order valence-electron chi connectivity index (χ2n) is 22.6. The fourth-order valence-corrected chi connectivity index (χ4v) is 11.8. The molecule has 0 spiro atoms. The smallest absolute Gasteiger partial charge is 0.231 e. The number of aliphatic hydroxyl groups is 2. The highest BCUT2D eigenvalue weighted by Crippen LogP contribution is 2.48. The fraction of sp³-hybridized carbons (Fsp3) is 0.410. The minimum Gasteiger partial charge on any atom is -0.487 e. The number of aliphatic hydroxyl groups excluding tert-OH is 2. The fourth-order valence-electron chi connectivity index (χ4n) is 11.8. The van der Waals surface area contributed by atoms with Gasteiger partial charge in [0.15, 0.2) is 29.0 Å². The van der Waals surface area contributed by atoms with Crippen LogP contribution in [0.25, 0.3) is 16.7 Å². The lowest BCUT2D eigenvalue weighted by Gasteiger charge is -2.19. The van der Waals surface area contributed by atoms with Crippen molar-refractivity contribution in [2.45, 2.75) is 96.7 Å². The Balaban J connectivity index is 0.762. The number of aryl methyl sites for hydroxylation is 3. The summed E-state index contributed by atoms with van der Waals surface area (Å²) >= 11 is 0. The van der Waals surface area contributed by atoms with Gasteiger partial charge in [0.1, 0.15) is 41.2 Å². The molecular formula is C61H70F3N15O6. The first-order valence-electron chi connectivity index (χ1n) is 28.8. The van der Waals surface area contributed by atoms with E-state index in [1.165, 1.54) is 0 Å². The number of benzene rings is 3. The zero-order valence-electron chi connectivity index (χ0n) is 48.3. The van der Waals surface area contributed by atoms with Crippen molar-refractivity contribution in [2.24, 2.45) is 0 Å². The van der Waals surface area contributed by atoms with Crippen molar-refractivity contribution in [2.75, 3.05) is 98.6 Å². The molecule has 6 aliphatic rings. The molecule has 24 heteroatoms. The number of ether oxygens (including phenoxy) is 4. The van der Waals surface area contributed by atoms with Crippen molar-refractivity contribution in [1.29, 1.82) is 0 Å². The number of fused-ring (bicyclic) bond motifs is 3. The van der Waals surface area contributed by atoms with Gasteiger partial charge in [-0.25, -0.2) is 28.1 Å². The lowest BCUT2D eigenvalue weighted by Crippen LogP contribution is -2.27. The first kappa shape index (κ1) is 57.2. The van der Waals surface area contributed by atoms with Gasteiger partial charge in [-0.15, -0.1) is 0 Å². The molecule has 2 unspecified atom stereocenters. The molecule has 10 N–H and O–H groups in total. The summed E-state index contributed by atoms with van der Waals surface area (Å²) in [5, 5.41) is 47.7. The number of β-amino-alcohol motifs (C(OH)–C–C–N with tert-alkyl or cyclic N) is 2. The van der Waals surface area contributed by atoms with E-state index in [9.17, 15) is 10.2 Å². The van der Waals surface area contributed by atoms with Gasteiger partial charge in [-0.3, -0.25) is 0 Å². The standard InChI is InChI=1S/C61H70F3N15O6/c1-30-7-8-34(10-13-67-30)50-55(64)45(24-46-58(50)83-29-82-46)75-61-72-33(4)17-49(78-61)69-26-41-20-37-22-43(53(62)51(56(37)84-41)35-9-12-66-25-39(80)18-35)74-60-71-32(3)16-48(77-60)68-27-42-21-38-23-44(73-59-70-31(2)15-47(65-5)76-59)54(63)52(57(38)85-42)36-11-14-79(6)28-40(81)19-36/h9-11,15-17,22-24,30,39-42,66-67,80-81H,7-8,12-14,18-21,25-29H2,1-6H3,(H2,65,70,73,76)(H2,68,71,74,77)(H2,69,72,75,78)/t30-,39-,40+,41?,42?/m0/s1. The summed E-state index contributed by atoms with van der Waals surface area (Å²) in [5.41, 5.74) is 6.80. The van der Waals surface area contributed by atoms with Crippen LogP contribution in [0.4, 0.5) is 65.5 Å². The van der Waals surface area contributed by atoms with Crippen LogP contribution in [-0.2, 0) is 12.8 Å². The van der Waals surface area contributed by atoms with E-state index in [1.54, 1.807) is 43.4 Å². The van der Waals surface area contributed by atoms with Crippen LogP contribution in [0.1, 0.15) is 77.5 Å². The number of aromatic nitrogens is 6. The molecule has 0 amide bonds. The van der Waals surface area contributed by atoms with Crippen molar-refractivity contribution in [3.05, 3.63) is 117 Å². The van der Waals surface area contributed by atoms with Crippen molar-refractivity contribution >= 4 is 69.1 Å². The second-order valence-corrected chi connectivity index (χ2v) is 22.6. The van der Waals surface area contributed by atoms with Gasteiger partial charge in [0.2, 0.25) is 24.6 Å². The number of hydrogen-bond donors (Lipinski definition) is 10. The first-order chi connectivity index (χ1) is 41.1. The summed E-state index contributed by atoms with van der Waals surface area (Å²) in [7, 11) is 3.66. The summed E-state index contributed by atoms with van der Waals surface area (Å²) in [5.74, 6) is 1.97. The van der Waals surface area contributed by atoms with Gasteiger partial charge >= 0.3 is 0 Å². The van der Waals surface area contributed by atoms with Gasteiger partial charge in [-0.05, 0) is 76.4 Å². The molecule has 5 atom stereocenters. The Hall–Kier alpha value is -8.29. The van der Waals surface area contributed by atoms with E-state index < -0.39 is 41.9 Å². The molecule has 12 rings (SSSR count).